The Balaban J connectivity index is 1.82. The van der Waals surface area contributed by atoms with Crippen LogP contribution in [0.25, 0.3) is 0 Å². The van der Waals surface area contributed by atoms with Crippen molar-refractivity contribution in [1.29, 1.82) is 0 Å². The van der Waals surface area contributed by atoms with Crippen molar-refractivity contribution < 1.29 is 9.53 Å². The number of carbonyl (C=O) groups excluding carboxylic acids is 1. The molecule has 0 unspecified atom stereocenters. The molecule has 0 bridgehead atoms. The van der Waals surface area contributed by atoms with E-state index in [2.05, 4.69) is 4.90 Å². The molecule has 1 heterocycles. The van der Waals surface area contributed by atoms with Gasteiger partial charge in [-0.15, -0.1) is 0 Å². The molecule has 1 saturated heterocycles. The average molecular weight is 261 g/mol. The van der Waals surface area contributed by atoms with Crippen LogP contribution in [0, 0.1) is 12.8 Å². The summed E-state index contributed by atoms with van der Waals surface area (Å²) in [6, 6.07) is 7.85. The molecule has 0 saturated carbocycles. The van der Waals surface area contributed by atoms with Gasteiger partial charge in [-0.1, -0.05) is 29.8 Å². The van der Waals surface area contributed by atoms with Crippen molar-refractivity contribution in [2.45, 2.75) is 19.8 Å². The van der Waals surface area contributed by atoms with Crippen molar-refractivity contribution in [3.05, 3.63) is 35.4 Å². The van der Waals surface area contributed by atoms with Gasteiger partial charge in [-0.2, -0.15) is 0 Å². The number of likely N-dealkylation sites (tertiary alicyclic amines) is 1. The van der Waals surface area contributed by atoms with E-state index in [9.17, 15) is 4.79 Å². The summed E-state index contributed by atoms with van der Waals surface area (Å²) in [5.74, 6) is 0.890. The van der Waals surface area contributed by atoms with Crippen LogP contribution >= 0.6 is 0 Å². The van der Waals surface area contributed by atoms with E-state index < -0.39 is 0 Å². The van der Waals surface area contributed by atoms with Crippen molar-refractivity contribution in [1.82, 2.24) is 4.90 Å². The summed E-state index contributed by atoms with van der Waals surface area (Å²) in [5, 5.41) is 0. The molecular weight excluding hydrogens is 238 g/mol. The molecule has 1 fully saturated rings. The lowest BCUT2D eigenvalue weighted by Gasteiger charge is -2.31. The highest BCUT2D eigenvalue weighted by Gasteiger charge is 2.20. The quantitative estimate of drug-likeness (QED) is 0.763. The van der Waals surface area contributed by atoms with Gasteiger partial charge in [0.05, 0.1) is 6.54 Å². The molecule has 104 valence electrons. The zero-order chi connectivity index (χ0) is 13.7. The Kier molecular flexibility index (Phi) is 5.11. The molecule has 0 N–H and O–H groups in total. The van der Waals surface area contributed by atoms with Crippen LogP contribution in [0.4, 0.5) is 0 Å². The predicted octanol–water partition coefficient (Wildman–Crippen LogP) is 2.54. The van der Waals surface area contributed by atoms with Crippen LogP contribution in [-0.4, -0.2) is 44.0 Å². The number of carbonyl (C=O) groups is 1. The largest absolute Gasteiger partial charge is 0.384 e. The predicted molar refractivity (Wildman–Crippen MR) is 76.5 cm³/mol. The first-order chi connectivity index (χ1) is 9.19. The fourth-order valence-corrected chi connectivity index (χ4v) is 2.58. The summed E-state index contributed by atoms with van der Waals surface area (Å²) in [6.07, 6.45) is 2.27. The van der Waals surface area contributed by atoms with E-state index in [1.807, 2.05) is 31.2 Å². The second kappa shape index (κ2) is 6.83. The first kappa shape index (κ1) is 14.2. The van der Waals surface area contributed by atoms with Gasteiger partial charge in [0.15, 0.2) is 5.78 Å². The summed E-state index contributed by atoms with van der Waals surface area (Å²) in [5.41, 5.74) is 2.02. The van der Waals surface area contributed by atoms with Gasteiger partial charge in [0, 0.05) is 19.3 Å². The number of ketones is 1. The number of rotatable bonds is 5. The van der Waals surface area contributed by atoms with Crippen LogP contribution in [0.2, 0.25) is 0 Å². The van der Waals surface area contributed by atoms with Gasteiger partial charge < -0.3 is 4.74 Å². The number of ether oxygens (including phenoxy) is 1. The Bertz CT molecular complexity index is 405. The summed E-state index contributed by atoms with van der Waals surface area (Å²) < 4.78 is 5.19. The van der Waals surface area contributed by atoms with E-state index in [-0.39, 0.29) is 5.78 Å². The third-order valence-corrected chi connectivity index (χ3v) is 3.85. The minimum Gasteiger partial charge on any atom is -0.384 e. The topological polar surface area (TPSA) is 29.5 Å². The molecule has 0 amide bonds. The molecule has 3 nitrogen and oxygen atoms in total. The van der Waals surface area contributed by atoms with Crippen molar-refractivity contribution in [3.63, 3.8) is 0 Å². The fraction of sp³-hybridized carbons (Fsp3) is 0.562. The SMILES string of the molecule is COCC1CCN(CC(=O)c2ccc(C)cc2)CC1. The van der Waals surface area contributed by atoms with E-state index in [4.69, 9.17) is 4.74 Å². The molecule has 2 rings (SSSR count). The van der Waals surface area contributed by atoms with E-state index >= 15 is 0 Å². The highest BCUT2D eigenvalue weighted by molar-refractivity contribution is 5.97. The number of hydrogen-bond acceptors (Lipinski definition) is 3. The number of hydrogen-bond donors (Lipinski definition) is 0. The van der Waals surface area contributed by atoms with Gasteiger partial charge in [0.1, 0.15) is 0 Å². The first-order valence-corrected chi connectivity index (χ1v) is 7.00. The third-order valence-electron chi connectivity index (χ3n) is 3.85. The maximum Gasteiger partial charge on any atom is 0.176 e. The first-order valence-electron chi connectivity index (χ1n) is 7.00. The monoisotopic (exact) mass is 261 g/mol. The minimum atomic E-state index is 0.227. The number of Topliss-reactive ketones (excluding diaryl/α,β-unsaturated/α-hetero) is 1. The van der Waals surface area contributed by atoms with Crippen molar-refractivity contribution in [2.75, 3.05) is 33.4 Å². The van der Waals surface area contributed by atoms with E-state index in [0.29, 0.717) is 12.5 Å². The number of aryl methyl sites for hydroxylation is 1. The average Bonchev–Trinajstić information content (AvgIpc) is 2.42. The number of nitrogens with zero attached hydrogens (tertiary/aromatic N) is 1. The van der Waals surface area contributed by atoms with Gasteiger partial charge >= 0.3 is 0 Å². The van der Waals surface area contributed by atoms with E-state index in [1.54, 1.807) is 7.11 Å². The fourth-order valence-electron chi connectivity index (χ4n) is 2.58. The molecule has 0 spiro atoms. The van der Waals surface area contributed by atoms with Crippen LogP contribution in [-0.2, 0) is 4.74 Å². The molecule has 0 aromatic heterocycles. The Hall–Kier alpha value is -1.19. The smallest absolute Gasteiger partial charge is 0.176 e. The molecule has 1 aromatic rings. The molecule has 0 aliphatic carbocycles. The molecular formula is C16H23NO2. The third kappa shape index (κ3) is 4.15. The van der Waals surface area contributed by atoms with Crippen LogP contribution in [0.3, 0.4) is 0 Å². The number of benzene rings is 1. The van der Waals surface area contributed by atoms with Crippen LogP contribution in [0.15, 0.2) is 24.3 Å². The van der Waals surface area contributed by atoms with Crippen molar-refractivity contribution >= 4 is 5.78 Å². The Morgan fingerprint density at radius 2 is 1.89 bits per heavy atom. The highest BCUT2D eigenvalue weighted by atomic mass is 16.5. The van der Waals surface area contributed by atoms with Gasteiger partial charge in [-0.25, -0.2) is 0 Å². The summed E-state index contributed by atoms with van der Waals surface area (Å²) in [6.45, 7) is 5.44. The Morgan fingerprint density at radius 1 is 1.26 bits per heavy atom. The van der Waals surface area contributed by atoms with Gasteiger partial charge in [-0.3, -0.25) is 9.69 Å². The zero-order valence-electron chi connectivity index (χ0n) is 11.9. The molecule has 0 atom stereocenters. The number of methoxy groups -OCH3 is 1. The second-order valence-electron chi connectivity index (χ2n) is 5.46. The standard InChI is InChI=1S/C16H23NO2/c1-13-3-5-15(6-4-13)16(18)11-17-9-7-14(8-10-17)12-19-2/h3-6,14H,7-12H2,1-2H3. The normalized spacial score (nSPS) is 17.6. The minimum absolute atomic E-state index is 0.227. The molecule has 1 aliphatic rings. The van der Waals surface area contributed by atoms with Crippen molar-refractivity contribution in [3.8, 4) is 0 Å². The summed E-state index contributed by atoms with van der Waals surface area (Å²) in [7, 11) is 1.76. The van der Waals surface area contributed by atoms with E-state index in [1.165, 1.54) is 5.56 Å². The highest BCUT2D eigenvalue weighted by Crippen LogP contribution is 2.17. The van der Waals surface area contributed by atoms with E-state index in [0.717, 1.165) is 38.1 Å². The maximum atomic E-state index is 12.2. The molecule has 3 heteroatoms. The Labute approximate surface area is 115 Å². The molecule has 1 aliphatic heterocycles. The lowest BCUT2D eigenvalue weighted by Crippen LogP contribution is -2.38. The number of piperidine rings is 1. The van der Waals surface area contributed by atoms with Crippen LogP contribution in [0.5, 0.6) is 0 Å². The van der Waals surface area contributed by atoms with Crippen molar-refractivity contribution in [2.24, 2.45) is 5.92 Å². The molecule has 19 heavy (non-hydrogen) atoms. The van der Waals surface area contributed by atoms with Gasteiger partial charge in [0.2, 0.25) is 0 Å². The summed E-state index contributed by atoms with van der Waals surface area (Å²) >= 11 is 0. The lowest BCUT2D eigenvalue weighted by molar-refractivity contribution is 0.0810. The maximum absolute atomic E-state index is 12.2. The lowest BCUT2D eigenvalue weighted by atomic mass is 9.97. The molecule has 0 radical (unpaired) electrons. The second-order valence-corrected chi connectivity index (χ2v) is 5.46. The Morgan fingerprint density at radius 3 is 2.47 bits per heavy atom. The van der Waals surface area contributed by atoms with Crippen LogP contribution in [0.1, 0.15) is 28.8 Å². The zero-order valence-corrected chi connectivity index (χ0v) is 11.9. The molecule has 1 aromatic carbocycles. The van der Waals surface area contributed by atoms with Crippen LogP contribution < -0.4 is 0 Å². The van der Waals surface area contributed by atoms with Gasteiger partial charge in [0.25, 0.3) is 0 Å². The van der Waals surface area contributed by atoms with Gasteiger partial charge in [-0.05, 0) is 38.8 Å². The summed E-state index contributed by atoms with van der Waals surface area (Å²) in [4.78, 5) is 14.4.